The number of pyridine rings is 1. The zero-order valence-electron chi connectivity index (χ0n) is 13.4. The Bertz CT molecular complexity index is 598. The van der Waals surface area contributed by atoms with E-state index in [9.17, 15) is 0 Å². The first kappa shape index (κ1) is 15.6. The Hall–Kier alpha value is -1.81. The zero-order valence-corrected chi connectivity index (χ0v) is 13.4. The van der Waals surface area contributed by atoms with Crippen molar-refractivity contribution < 1.29 is 4.74 Å². The second-order valence-electron chi connectivity index (χ2n) is 5.17. The van der Waals surface area contributed by atoms with Crippen LogP contribution in [0.2, 0.25) is 0 Å². The van der Waals surface area contributed by atoms with Gasteiger partial charge in [-0.05, 0) is 37.7 Å². The van der Waals surface area contributed by atoms with Crippen LogP contribution in [0.5, 0.6) is 5.75 Å². The molecule has 0 atom stereocenters. The normalized spacial score (nSPS) is 11.1. The average molecular weight is 287 g/mol. The zero-order chi connectivity index (χ0) is 15.2. The van der Waals surface area contributed by atoms with Crippen LogP contribution < -0.4 is 10.1 Å². The standard InChI is InChI=1S/C17H25N3O/c1-5-9-20(6-2)12-14-10-13-7-8-15(21-4)11-16(13)19-17(14)18-3/h7-8,10-11H,5-6,9,12H2,1-4H3,(H,18,19). The predicted octanol–water partition coefficient (Wildman–Crippen LogP) is 3.52. The lowest BCUT2D eigenvalue weighted by Gasteiger charge is -2.21. The van der Waals surface area contributed by atoms with Crippen molar-refractivity contribution in [3.63, 3.8) is 0 Å². The predicted molar refractivity (Wildman–Crippen MR) is 89.1 cm³/mol. The number of methoxy groups -OCH3 is 1. The van der Waals surface area contributed by atoms with Crippen LogP contribution in [0.3, 0.4) is 0 Å². The van der Waals surface area contributed by atoms with Crippen molar-refractivity contribution in [2.45, 2.75) is 26.8 Å². The van der Waals surface area contributed by atoms with E-state index >= 15 is 0 Å². The number of nitrogens with zero attached hydrogens (tertiary/aromatic N) is 2. The van der Waals surface area contributed by atoms with E-state index in [-0.39, 0.29) is 0 Å². The van der Waals surface area contributed by atoms with E-state index in [1.165, 1.54) is 12.0 Å². The number of aromatic nitrogens is 1. The number of rotatable bonds is 7. The minimum Gasteiger partial charge on any atom is -0.497 e. The smallest absolute Gasteiger partial charge is 0.130 e. The van der Waals surface area contributed by atoms with Crippen LogP contribution in [0.1, 0.15) is 25.8 Å². The van der Waals surface area contributed by atoms with Crippen molar-refractivity contribution in [1.29, 1.82) is 0 Å². The third kappa shape index (κ3) is 3.64. The van der Waals surface area contributed by atoms with Gasteiger partial charge in [-0.2, -0.15) is 0 Å². The maximum atomic E-state index is 5.27. The van der Waals surface area contributed by atoms with Crippen molar-refractivity contribution in [1.82, 2.24) is 9.88 Å². The average Bonchev–Trinajstić information content (AvgIpc) is 2.53. The molecule has 1 aromatic carbocycles. The molecule has 0 fully saturated rings. The number of ether oxygens (including phenoxy) is 1. The van der Waals surface area contributed by atoms with E-state index in [4.69, 9.17) is 9.72 Å². The number of hydrogen-bond donors (Lipinski definition) is 1. The Morgan fingerprint density at radius 2 is 2.05 bits per heavy atom. The van der Waals surface area contributed by atoms with Crippen molar-refractivity contribution in [3.05, 3.63) is 29.8 Å². The molecular formula is C17H25N3O. The molecule has 0 radical (unpaired) electrons. The van der Waals surface area contributed by atoms with Gasteiger partial charge >= 0.3 is 0 Å². The summed E-state index contributed by atoms with van der Waals surface area (Å²) in [4.78, 5) is 7.17. The third-order valence-corrected chi connectivity index (χ3v) is 3.72. The molecule has 1 heterocycles. The van der Waals surface area contributed by atoms with E-state index < -0.39 is 0 Å². The first-order chi connectivity index (χ1) is 10.2. The maximum absolute atomic E-state index is 5.27. The number of anilines is 1. The Kier molecular flexibility index (Phi) is 5.39. The van der Waals surface area contributed by atoms with Crippen LogP contribution >= 0.6 is 0 Å². The molecule has 0 aliphatic carbocycles. The first-order valence-electron chi connectivity index (χ1n) is 7.59. The van der Waals surface area contributed by atoms with Crippen molar-refractivity contribution >= 4 is 16.7 Å². The fraction of sp³-hybridized carbons (Fsp3) is 0.471. The summed E-state index contributed by atoms with van der Waals surface area (Å²) in [5, 5.41) is 4.37. The molecule has 0 amide bonds. The topological polar surface area (TPSA) is 37.4 Å². The largest absolute Gasteiger partial charge is 0.497 e. The summed E-state index contributed by atoms with van der Waals surface area (Å²) in [7, 11) is 3.60. The second kappa shape index (κ2) is 7.27. The van der Waals surface area contributed by atoms with Gasteiger partial charge in [0.2, 0.25) is 0 Å². The molecule has 0 spiro atoms. The number of nitrogens with one attached hydrogen (secondary N) is 1. The summed E-state index contributed by atoms with van der Waals surface area (Å²) < 4.78 is 5.27. The molecule has 1 aromatic heterocycles. The van der Waals surface area contributed by atoms with Crippen molar-refractivity contribution in [2.24, 2.45) is 0 Å². The van der Waals surface area contributed by atoms with Crippen LogP contribution in [0.25, 0.3) is 10.9 Å². The highest BCUT2D eigenvalue weighted by molar-refractivity contribution is 5.83. The number of fused-ring (bicyclic) bond motifs is 1. The van der Waals surface area contributed by atoms with Crippen molar-refractivity contribution in [3.8, 4) is 5.75 Å². The molecular weight excluding hydrogens is 262 g/mol. The molecule has 0 aliphatic rings. The quantitative estimate of drug-likeness (QED) is 0.845. The summed E-state index contributed by atoms with van der Waals surface area (Å²) in [5.41, 5.74) is 2.20. The molecule has 114 valence electrons. The van der Waals surface area contributed by atoms with Gasteiger partial charge in [-0.1, -0.05) is 13.8 Å². The lowest BCUT2D eigenvalue weighted by molar-refractivity contribution is 0.281. The van der Waals surface area contributed by atoms with E-state index in [1.807, 2.05) is 19.2 Å². The number of benzene rings is 1. The lowest BCUT2D eigenvalue weighted by Crippen LogP contribution is -2.24. The monoisotopic (exact) mass is 287 g/mol. The van der Waals surface area contributed by atoms with Crippen molar-refractivity contribution in [2.75, 3.05) is 32.6 Å². The Morgan fingerprint density at radius 3 is 2.67 bits per heavy atom. The van der Waals surface area contributed by atoms with Gasteiger partial charge in [0.05, 0.1) is 12.6 Å². The van der Waals surface area contributed by atoms with Gasteiger partial charge in [0.25, 0.3) is 0 Å². The van der Waals surface area contributed by atoms with Crippen LogP contribution in [0.4, 0.5) is 5.82 Å². The molecule has 0 bridgehead atoms. The Morgan fingerprint density at radius 1 is 1.24 bits per heavy atom. The highest BCUT2D eigenvalue weighted by Gasteiger charge is 2.10. The van der Waals surface area contributed by atoms with E-state index in [0.717, 1.165) is 42.1 Å². The van der Waals surface area contributed by atoms with Gasteiger partial charge in [-0.25, -0.2) is 4.98 Å². The molecule has 1 N–H and O–H groups in total. The molecule has 21 heavy (non-hydrogen) atoms. The van der Waals surface area contributed by atoms with Gasteiger partial charge in [-0.15, -0.1) is 0 Å². The number of hydrogen-bond acceptors (Lipinski definition) is 4. The summed E-state index contributed by atoms with van der Waals surface area (Å²) >= 11 is 0. The Labute approximate surface area is 127 Å². The van der Waals surface area contributed by atoms with Crippen LogP contribution in [0.15, 0.2) is 24.3 Å². The molecule has 2 rings (SSSR count). The van der Waals surface area contributed by atoms with Gasteiger partial charge in [-0.3, -0.25) is 4.90 Å². The molecule has 0 saturated carbocycles. The fourth-order valence-electron chi connectivity index (χ4n) is 2.56. The van der Waals surface area contributed by atoms with E-state index in [1.54, 1.807) is 7.11 Å². The van der Waals surface area contributed by atoms with E-state index in [2.05, 4.69) is 36.2 Å². The highest BCUT2D eigenvalue weighted by atomic mass is 16.5. The van der Waals surface area contributed by atoms with E-state index in [0.29, 0.717) is 0 Å². The molecule has 0 saturated heterocycles. The highest BCUT2D eigenvalue weighted by Crippen LogP contribution is 2.25. The molecule has 4 heteroatoms. The SMILES string of the molecule is CCCN(CC)Cc1cc2ccc(OC)cc2nc1NC. The summed E-state index contributed by atoms with van der Waals surface area (Å²) in [6.07, 6.45) is 1.17. The van der Waals surface area contributed by atoms with Crippen LogP contribution in [0, 0.1) is 0 Å². The van der Waals surface area contributed by atoms with Crippen LogP contribution in [-0.4, -0.2) is 37.1 Å². The first-order valence-corrected chi connectivity index (χ1v) is 7.59. The molecule has 4 nitrogen and oxygen atoms in total. The summed E-state index contributed by atoms with van der Waals surface area (Å²) in [5.74, 6) is 1.79. The second-order valence-corrected chi connectivity index (χ2v) is 5.17. The third-order valence-electron chi connectivity index (χ3n) is 3.72. The van der Waals surface area contributed by atoms with Gasteiger partial charge < -0.3 is 10.1 Å². The minimum atomic E-state index is 0.839. The summed E-state index contributed by atoms with van der Waals surface area (Å²) in [6.45, 7) is 7.51. The lowest BCUT2D eigenvalue weighted by atomic mass is 10.1. The molecule has 0 aliphatic heterocycles. The summed E-state index contributed by atoms with van der Waals surface area (Å²) in [6, 6.07) is 8.26. The molecule has 0 unspecified atom stereocenters. The van der Waals surface area contributed by atoms with Crippen LogP contribution in [-0.2, 0) is 6.54 Å². The molecule has 2 aromatic rings. The van der Waals surface area contributed by atoms with Gasteiger partial charge in [0.15, 0.2) is 0 Å². The minimum absolute atomic E-state index is 0.839. The van der Waals surface area contributed by atoms with Gasteiger partial charge in [0.1, 0.15) is 11.6 Å². The maximum Gasteiger partial charge on any atom is 0.130 e. The Balaban J connectivity index is 2.38. The van der Waals surface area contributed by atoms with Gasteiger partial charge in [0, 0.05) is 30.6 Å². The fourth-order valence-corrected chi connectivity index (χ4v) is 2.56.